The van der Waals surface area contributed by atoms with E-state index in [9.17, 15) is 18.0 Å². The number of carbonyl (C=O) groups is 1. The second-order valence-electron chi connectivity index (χ2n) is 6.80. The van der Waals surface area contributed by atoms with Gasteiger partial charge in [-0.3, -0.25) is 14.8 Å². The number of benzene rings is 1. The molecule has 5 N–H and O–H groups in total. The highest BCUT2D eigenvalue weighted by atomic mass is 19.4. The van der Waals surface area contributed by atoms with Crippen LogP contribution in [-0.4, -0.2) is 33.3 Å². The van der Waals surface area contributed by atoms with E-state index in [-0.39, 0.29) is 16.9 Å². The molecule has 2 heterocycles. The van der Waals surface area contributed by atoms with Crippen LogP contribution < -0.4 is 11.1 Å². The highest BCUT2D eigenvalue weighted by molar-refractivity contribution is 6.04. The van der Waals surface area contributed by atoms with Crippen LogP contribution >= 0.6 is 0 Å². The van der Waals surface area contributed by atoms with E-state index in [0.29, 0.717) is 17.1 Å². The zero-order chi connectivity index (χ0) is 25.3. The maximum atomic E-state index is 13.3. The van der Waals surface area contributed by atoms with Crippen molar-refractivity contribution in [3.8, 4) is 11.8 Å². The van der Waals surface area contributed by atoms with Gasteiger partial charge in [-0.1, -0.05) is 5.92 Å². The molecular formula is C24H18F3N7O. The van der Waals surface area contributed by atoms with Gasteiger partial charge >= 0.3 is 6.18 Å². The minimum atomic E-state index is -4.63. The SMILES string of the molecule is N=C/C=C\c1ncc(C#Cc2cncc(C(=O)Nc3cc(N=C/C=C\N)cc(C(F)(F)F)c3)c2)[nH]1. The van der Waals surface area contributed by atoms with Gasteiger partial charge in [0.2, 0.25) is 0 Å². The molecule has 0 atom stereocenters. The smallest absolute Gasteiger partial charge is 0.405 e. The number of alkyl halides is 3. The van der Waals surface area contributed by atoms with Gasteiger partial charge in [0, 0.05) is 36.1 Å². The monoisotopic (exact) mass is 477 g/mol. The zero-order valence-corrected chi connectivity index (χ0v) is 18.0. The first-order valence-corrected chi connectivity index (χ1v) is 9.92. The summed E-state index contributed by atoms with van der Waals surface area (Å²) in [4.78, 5) is 27.6. The van der Waals surface area contributed by atoms with E-state index >= 15 is 0 Å². The molecule has 0 radical (unpaired) electrons. The number of aliphatic imine (C=N–C) groups is 1. The van der Waals surface area contributed by atoms with Crippen molar-refractivity contribution in [1.82, 2.24) is 15.0 Å². The van der Waals surface area contributed by atoms with Gasteiger partial charge in [-0.25, -0.2) is 4.98 Å². The van der Waals surface area contributed by atoms with Crippen LogP contribution in [0, 0.1) is 17.3 Å². The number of aromatic amines is 1. The fourth-order valence-electron chi connectivity index (χ4n) is 2.70. The number of allylic oxidation sites excluding steroid dienone is 2. The molecular weight excluding hydrogens is 459 g/mol. The molecule has 0 aliphatic heterocycles. The molecule has 0 saturated heterocycles. The number of hydrogen-bond donors (Lipinski definition) is 4. The van der Waals surface area contributed by atoms with E-state index < -0.39 is 17.6 Å². The Hall–Kier alpha value is -4.98. The molecule has 0 aliphatic carbocycles. The molecule has 0 spiro atoms. The first kappa shape index (κ1) is 24.7. The Balaban J connectivity index is 1.81. The third kappa shape index (κ3) is 7.26. The lowest BCUT2D eigenvalue weighted by molar-refractivity contribution is -0.137. The van der Waals surface area contributed by atoms with Gasteiger partial charge in [-0.2, -0.15) is 13.2 Å². The average molecular weight is 477 g/mol. The standard InChI is InChI=1S/C24H18F3N7O/c25-24(26,27)18-10-20(31-8-2-7-29)12-21(11-18)34-23(35)17-9-16(13-30-14-17)4-5-19-15-32-22(33-19)3-1-6-28/h1-3,6-15,28H,29H2,(H,32,33)(H,34,35)/b3-1-,7-2-,28-6?,31-8?. The third-order valence-corrected chi connectivity index (χ3v) is 4.21. The fourth-order valence-corrected chi connectivity index (χ4v) is 2.70. The number of nitrogens with two attached hydrogens (primary N) is 1. The van der Waals surface area contributed by atoms with Crippen LogP contribution in [0.3, 0.4) is 0 Å². The second-order valence-corrected chi connectivity index (χ2v) is 6.80. The maximum Gasteiger partial charge on any atom is 0.416 e. The summed E-state index contributed by atoms with van der Waals surface area (Å²) in [6.45, 7) is 0. The predicted molar refractivity (Wildman–Crippen MR) is 127 cm³/mol. The van der Waals surface area contributed by atoms with E-state index in [4.69, 9.17) is 11.1 Å². The van der Waals surface area contributed by atoms with Gasteiger partial charge < -0.3 is 21.4 Å². The van der Waals surface area contributed by atoms with Gasteiger partial charge in [-0.15, -0.1) is 0 Å². The molecule has 0 fully saturated rings. The normalized spacial score (nSPS) is 11.6. The van der Waals surface area contributed by atoms with Crippen molar-refractivity contribution in [2.75, 3.05) is 5.32 Å². The van der Waals surface area contributed by atoms with E-state index in [1.807, 2.05) is 0 Å². The van der Waals surface area contributed by atoms with Crippen molar-refractivity contribution >= 4 is 35.8 Å². The number of imidazole rings is 1. The minimum absolute atomic E-state index is 0.0136. The van der Waals surface area contributed by atoms with Crippen LogP contribution in [0.2, 0.25) is 0 Å². The molecule has 1 aromatic carbocycles. The minimum Gasteiger partial charge on any atom is -0.405 e. The lowest BCUT2D eigenvalue weighted by Gasteiger charge is -2.11. The number of nitrogens with one attached hydrogen (secondary N) is 3. The Kier molecular flexibility index (Phi) is 7.92. The van der Waals surface area contributed by atoms with Crippen LogP contribution in [0.5, 0.6) is 0 Å². The summed E-state index contributed by atoms with van der Waals surface area (Å²) in [5, 5.41) is 9.42. The molecule has 3 rings (SSSR count). The molecule has 0 unspecified atom stereocenters. The summed E-state index contributed by atoms with van der Waals surface area (Å²) in [5.41, 5.74) is 5.14. The fraction of sp³-hybridized carbons (Fsp3) is 0.0417. The van der Waals surface area contributed by atoms with E-state index in [0.717, 1.165) is 18.3 Å². The lowest BCUT2D eigenvalue weighted by atomic mass is 10.1. The number of H-pyrrole nitrogens is 1. The Bertz CT molecular complexity index is 1380. The maximum absolute atomic E-state index is 13.3. The number of aromatic nitrogens is 3. The molecule has 8 nitrogen and oxygen atoms in total. The van der Waals surface area contributed by atoms with Gasteiger partial charge in [0.25, 0.3) is 5.91 Å². The van der Waals surface area contributed by atoms with Crippen molar-refractivity contribution < 1.29 is 18.0 Å². The largest absolute Gasteiger partial charge is 0.416 e. The first-order chi connectivity index (χ1) is 16.8. The Morgan fingerprint density at radius 3 is 2.71 bits per heavy atom. The van der Waals surface area contributed by atoms with Gasteiger partial charge in [0.1, 0.15) is 11.5 Å². The highest BCUT2D eigenvalue weighted by Gasteiger charge is 2.31. The zero-order valence-electron chi connectivity index (χ0n) is 18.0. The molecule has 3 aromatic rings. The van der Waals surface area contributed by atoms with E-state index in [1.54, 1.807) is 6.08 Å². The van der Waals surface area contributed by atoms with Crippen LogP contribution in [0.1, 0.15) is 33.0 Å². The predicted octanol–water partition coefficient (Wildman–Crippen LogP) is 4.31. The first-order valence-electron chi connectivity index (χ1n) is 9.92. The Morgan fingerprint density at radius 2 is 1.97 bits per heavy atom. The highest BCUT2D eigenvalue weighted by Crippen LogP contribution is 2.34. The number of pyridine rings is 1. The van der Waals surface area contributed by atoms with Gasteiger partial charge in [0.15, 0.2) is 0 Å². The van der Waals surface area contributed by atoms with Crippen molar-refractivity contribution in [3.63, 3.8) is 0 Å². The molecule has 176 valence electrons. The summed E-state index contributed by atoms with van der Waals surface area (Å²) in [5.74, 6) is 5.54. The van der Waals surface area contributed by atoms with Crippen molar-refractivity contribution in [3.05, 3.63) is 89.4 Å². The van der Waals surface area contributed by atoms with Crippen molar-refractivity contribution in [1.29, 1.82) is 5.41 Å². The molecule has 11 heteroatoms. The number of rotatable bonds is 6. The number of anilines is 1. The van der Waals surface area contributed by atoms with Gasteiger partial charge in [-0.05, 0) is 54.6 Å². The van der Waals surface area contributed by atoms with Gasteiger partial charge in [0.05, 0.1) is 23.0 Å². The third-order valence-electron chi connectivity index (χ3n) is 4.21. The molecule has 0 saturated carbocycles. The van der Waals surface area contributed by atoms with Crippen LogP contribution in [-0.2, 0) is 6.18 Å². The van der Waals surface area contributed by atoms with Crippen LogP contribution in [0.4, 0.5) is 24.5 Å². The average Bonchev–Trinajstić information content (AvgIpc) is 3.29. The van der Waals surface area contributed by atoms with Crippen molar-refractivity contribution in [2.45, 2.75) is 6.18 Å². The number of carbonyl (C=O) groups excluding carboxylic acids is 1. The Labute approximate surface area is 198 Å². The molecule has 0 bridgehead atoms. The van der Waals surface area contributed by atoms with Crippen molar-refractivity contribution in [2.24, 2.45) is 10.7 Å². The quantitative estimate of drug-likeness (QED) is 0.311. The summed E-state index contributed by atoms with van der Waals surface area (Å²) < 4.78 is 39.9. The summed E-state index contributed by atoms with van der Waals surface area (Å²) in [7, 11) is 0. The molecule has 1 amide bonds. The van der Waals surface area contributed by atoms with E-state index in [2.05, 4.69) is 37.1 Å². The number of hydrogen-bond acceptors (Lipinski definition) is 6. The number of nitrogens with zero attached hydrogens (tertiary/aromatic N) is 3. The second kappa shape index (κ2) is 11.2. The molecule has 0 aliphatic rings. The topological polar surface area (TPSA) is 133 Å². The van der Waals surface area contributed by atoms with Crippen LogP contribution in [0.25, 0.3) is 6.08 Å². The van der Waals surface area contributed by atoms with Crippen LogP contribution in [0.15, 0.2) is 66.2 Å². The van der Waals surface area contributed by atoms with E-state index in [1.165, 1.54) is 55.3 Å². The number of halogens is 3. The summed E-state index contributed by atoms with van der Waals surface area (Å²) >= 11 is 0. The number of amides is 1. The molecule has 2 aromatic heterocycles. The summed E-state index contributed by atoms with van der Waals surface area (Å²) in [6, 6.07) is 4.43. The summed E-state index contributed by atoms with van der Waals surface area (Å²) in [6.07, 6.45) is 7.59. The Morgan fingerprint density at radius 1 is 1.14 bits per heavy atom. The lowest BCUT2D eigenvalue weighted by Crippen LogP contribution is -2.13. The molecule has 35 heavy (non-hydrogen) atoms.